The zero-order valence-corrected chi connectivity index (χ0v) is 13.5. The predicted octanol–water partition coefficient (Wildman–Crippen LogP) is -0.601. The zero-order valence-electron chi connectivity index (χ0n) is 3.77. The smallest absolute Gasteiger partial charge is 2.00 e. The molecule has 0 unspecified atom stereocenters. The van der Waals surface area contributed by atoms with Gasteiger partial charge in [-0.25, -0.2) is 0 Å². The molecule has 0 atom stereocenters. The molecule has 9 heteroatoms. The van der Waals surface area contributed by atoms with Crippen LogP contribution in [0, 0.1) is 38.6 Å². The van der Waals surface area contributed by atoms with Gasteiger partial charge in [-0.2, -0.15) is 0 Å². The van der Waals surface area contributed by atoms with Crippen molar-refractivity contribution in [3.05, 3.63) is 0 Å². The van der Waals surface area contributed by atoms with E-state index in [1.807, 2.05) is 0 Å². The Morgan fingerprint density at radius 2 is 0.556 bits per heavy atom. The molecule has 0 N–H and O–H groups in total. The Hall–Kier alpha value is 3.76. The third kappa shape index (κ3) is 79.2. The van der Waals surface area contributed by atoms with Gasteiger partial charge in [-0.05, 0) is 0 Å². The van der Waals surface area contributed by atoms with Crippen LogP contribution in [0.1, 0.15) is 0 Å². The van der Waals surface area contributed by atoms with Gasteiger partial charge in [0.05, 0.1) is 0 Å². The van der Waals surface area contributed by atoms with E-state index in [4.69, 9.17) is 0 Å². The molecule has 0 aromatic rings. The first-order chi connectivity index (χ1) is 0. The van der Waals surface area contributed by atoms with Gasteiger partial charge in [0, 0.05) is 21.1 Å². The normalized spacial score (nSPS) is 0. The standard InChI is InChI=1S/5O.Pt.Tb.Y.Zr/q5*-2;;2*+3;+4. The average Bonchev–Trinajstić information content (AvgIpc) is 0. The van der Waals surface area contributed by atoms with Gasteiger partial charge in [-0.1, -0.05) is 0 Å². The maximum absolute atomic E-state index is 0. The molecule has 0 spiro atoms. The second-order valence-corrected chi connectivity index (χ2v) is 0. The largest absolute Gasteiger partial charge is 4.00 e. The van der Waals surface area contributed by atoms with E-state index >= 15 is 0 Å². The van der Waals surface area contributed by atoms with Gasteiger partial charge in [-0.3, -0.25) is 0 Å². The van der Waals surface area contributed by atoms with Crippen molar-refractivity contribution in [1.82, 2.24) is 0 Å². The average molecular weight is 614 g/mol. The van der Waals surface area contributed by atoms with E-state index < -0.39 is 0 Å². The van der Waals surface area contributed by atoms with Crippen molar-refractivity contribution in [2.24, 2.45) is 0 Å². The summed E-state index contributed by atoms with van der Waals surface area (Å²) < 4.78 is 0. The van der Waals surface area contributed by atoms with Crippen LogP contribution in [0.5, 0.6) is 0 Å². The Balaban J connectivity index is 0. The molecule has 0 radical (unpaired) electrons. The van der Waals surface area contributed by atoms with Crippen molar-refractivity contribution in [3.8, 4) is 0 Å². The van der Waals surface area contributed by atoms with Gasteiger partial charge in [0.25, 0.3) is 0 Å². The van der Waals surface area contributed by atoms with Crippen LogP contribution >= 0.6 is 0 Å². The third-order valence-electron chi connectivity index (χ3n) is 0. The first-order valence-corrected chi connectivity index (χ1v) is 0. The van der Waals surface area contributed by atoms with Crippen LogP contribution < -0.4 is 0 Å². The topological polar surface area (TPSA) is 142 Å². The summed E-state index contributed by atoms with van der Waals surface area (Å²) in [5, 5.41) is 0. The van der Waals surface area contributed by atoms with Crippen molar-refractivity contribution >= 4 is 0 Å². The second kappa shape index (κ2) is 96.3. The Kier molecular flexibility index (Phi) is 1330. The first kappa shape index (κ1) is 125. The van der Waals surface area contributed by atoms with Crippen molar-refractivity contribution < 1.29 is 146 Å². The Labute approximate surface area is 143 Å². The Morgan fingerprint density at radius 3 is 0.556 bits per heavy atom. The molecule has 0 aromatic heterocycles. The summed E-state index contributed by atoms with van der Waals surface area (Å²) in [5.74, 6) is 0. The molecule has 0 fully saturated rings. The van der Waals surface area contributed by atoms with Crippen LogP contribution in [-0.2, 0) is 107 Å². The maximum Gasteiger partial charge on any atom is 4.00 e. The summed E-state index contributed by atoms with van der Waals surface area (Å²) in [4.78, 5) is 0. The summed E-state index contributed by atoms with van der Waals surface area (Å²) >= 11 is 0. The molecular weight excluding hydrogens is 614 g/mol. The molecule has 56 valence electrons. The minimum absolute atomic E-state index is 0. The molecular formula is O5PtTbYZr. The third-order valence-corrected chi connectivity index (χ3v) is 0. The van der Waals surface area contributed by atoms with E-state index in [0.29, 0.717) is 0 Å². The van der Waals surface area contributed by atoms with Crippen molar-refractivity contribution in [2.45, 2.75) is 0 Å². The molecule has 0 rings (SSSR count). The molecule has 0 amide bonds. The number of hydrogen-bond acceptors (Lipinski definition) is 0. The summed E-state index contributed by atoms with van der Waals surface area (Å²) in [5.41, 5.74) is 0. The molecule has 0 saturated carbocycles. The fourth-order valence-corrected chi connectivity index (χ4v) is 0. The minimum Gasteiger partial charge on any atom is -2.00 e. The van der Waals surface area contributed by atoms with Crippen LogP contribution in [0.4, 0.5) is 0 Å². The van der Waals surface area contributed by atoms with E-state index in [-0.39, 0.29) is 146 Å². The van der Waals surface area contributed by atoms with Gasteiger partial charge in [0.2, 0.25) is 0 Å². The van der Waals surface area contributed by atoms with E-state index in [1.54, 1.807) is 0 Å². The van der Waals surface area contributed by atoms with Crippen molar-refractivity contribution in [1.29, 1.82) is 0 Å². The predicted molar refractivity (Wildman–Crippen MR) is 3.43 cm³/mol. The monoisotopic (exact) mass is 613 g/mol. The molecule has 0 aliphatic rings. The molecule has 0 aliphatic carbocycles. The van der Waals surface area contributed by atoms with Crippen LogP contribution in [-0.4, -0.2) is 0 Å². The number of rotatable bonds is 0. The van der Waals surface area contributed by atoms with E-state index in [0.717, 1.165) is 0 Å². The van der Waals surface area contributed by atoms with Crippen molar-refractivity contribution in [3.63, 3.8) is 0 Å². The van der Waals surface area contributed by atoms with Crippen LogP contribution in [0.15, 0.2) is 0 Å². The molecule has 5 nitrogen and oxygen atoms in total. The Bertz CT molecular complexity index is 16.9. The maximum atomic E-state index is 0. The fourth-order valence-electron chi connectivity index (χ4n) is 0. The molecule has 0 aliphatic heterocycles. The van der Waals surface area contributed by atoms with Crippen LogP contribution in [0.3, 0.4) is 0 Å². The summed E-state index contributed by atoms with van der Waals surface area (Å²) in [6, 6.07) is 0. The number of hydrogen-bond donors (Lipinski definition) is 0. The van der Waals surface area contributed by atoms with Gasteiger partial charge in [-0.15, -0.1) is 0 Å². The van der Waals surface area contributed by atoms with Gasteiger partial charge in [0.15, 0.2) is 0 Å². The molecule has 0 bridgehead atoms. The van der Waals surface area contributed by atoms with Crippen molar-refractivity contribution in [2.75, 3.05) is 0 Å². The van der Waals surface area contributed by atoms with Gasteiger partial charge < -0.3 is 27.4 Å². The van der Waals surface area contributed by atoms with Crippen LogP contribution in [0.25, 0.3) is 0 Å². The summed E-state index contributed by atoms with van der Waals surface area (Å²) in [7, 11) is 0. The summed E-state index contributed by atoms with van der Waals surface area (Å²) in [6.45, 7) is 0. The Morgan fingerprint density at radius 1 is 0.556 bits per heavy atom. The summed E-state index contributed by atoms with van der Waals surface area (Å²) in [6.07, 6.45) is 0. The fraction of sp³-hybridized carbons (Fsp3) is 0. The van der Waals surface area contributed by atoms with E-state index in [2.05, 4.69) is 0 Å². The molecule has 0 aromatic carbocycles. The first-order valence-electron chi connectivity index (χ1n) is 0. The second-order valence-electron chi connectivity index (χ2n) is 0. The van der Waals surface area contributed by atoms with E-state index in [9.17, 15) is 0 Å². The molecule has 9 heavy (non-hydrogen) atoms. The van der Waals surface area contributed by atoms with Crippen LogP contribution in [0.2, 0.25) is 0 Å². The SMILES string of the molecule is [O-2].[O-2].[O-2].[O-2].[O-2].[Pt].[Tb+3].[Y+3].[Zr+4]. The zero-order chi connectivity index (χ0) is 0. The quantitative estimate of drug-likeness (QED) is 0.344. The minimum atomic E-state index is 0. The van der Waals surface area contributed by atoms with Gasteiger partial charge in [0.1, 0.15) is 0 Å². The van der Waals surface area contributed by atoms with E-state index in [1.165, 1.54) is 0 Å². The van der Waals surface area contributed by atoms with Gasteiger partial charge >= 0.3 is 97.5 Å². The molecule has 0 heterocycles. The molecule has 0 saturated heterocycles.